The molecule has 208 valence electrons. The van der Waals surface area contributed by atoms with Crippen LogP contribution >= 0.6 is 0 Å². The summed E-state index contributed by atoms with van der Waals surface area (Å²) in [6, 6.07) is 13.3. The molecule has 3 amide bonds. The van der Waals surface area contributed by atoms with Crippen LogP contribution in [-0.2, 0) is 19.7 Å². The number of nitrogens with one attached hydrogen (secondary N) is 1. The molecule has 0 radical (unpaired) electrons. The summed E-state index contributed by atoms with van der Waals surface area (Å²) >= 11 is 0. The first-order valence-corrected chi connectivity index (χ1v) is 13.5. The molecule has 2 bridgehead atoms. The number of urea groups is 1. The van der Waals surface area contributed by atoms with Crippen molar-refractivity contribution in [2.45, 2.75) is 32.5 Å². The first-order valence-electron chi connectivity index (χ1n) is 13.5. The van der Waals surface area contributed by atoms with Crippen molar-refractivity contribution in [3.8, 4) is 5.75 Å². The predicted molar refractivity (Wildman–Crippen MR) is 147 cm³/mol. The summed E-state index contributed by atoms with van der Waals surface area (Å²) in [5, 5.41) is 2.83. The normalized spacial score (nSPS) is 16.8. The van der Waals surface area contributed by atoms with Crippen molar-refractivity contribution in [2.24, 2.45) is 5.92 Å². The van der Waals surface area contributed by atoms with Crippen LogP contribution in [0.2, 0.25) is 0 Å². The van der Waals surface area contributed by atoms with Crippen LogP contribution in [0.4, 0.5) is 20.8 Å². The summed E-state index contributed by atoms with van der Waals surface area (Å²) < 4.78 is 21.8. The molecule has 0 atom stereocenters. The number of benzene rings is 2. The molecule has 2 saturated heterocycles. The van der Waals surface area contributed by atoms with Crippen molar-refractivity contribution in [3.05, 3.63) is 81.5 Å². The Morgan fingerprint density at radius 1 is 1.07 bits per heavy atom. The van der Waals surface area contributed by atoms with E-state index in [0.29, 0.717) is 42.8 Å². The van der Waals surface area contributed by atoms with Gasteiger partial charge in [0.15, 0.2) is 5.69 Å². The average Bonchev–Trinajstić information content (AvgIpc) is 3.11. The third-order valence-electron chi connectivity index (χ3n) is 7.88. The summed E-state index contributed by atoms with van der Waals surface area (Å²) in [6.45, 7) is 3.14. The van der Waals surface area contributed by atoms with Crippen molar-refractivity contribution in [3.63, 3.8) is 0 Å². The van der Waals surface area contributed by atoms with Gasteiger partial charge in [0, 0.05) is 46.3 Å². The number of fused-ring (bicyclic) bond motifs is 2. The number of rotatable bonds is 7. The molecule has 1 N–H and O–H groups in total. The summed E-state index contributed by atoms with van der Waals surface area (Å²) in [5.74, 6) is -0.293. The monoisotopic (exact) mass is 546 g/mol. The molecule has 2 fully saturated rings. The molecule has 3 aromatic rings. The SMILES string of the molecule is CN1CCN(c2cc(F)ccc2CNC(=O)c2nc3n(c(=O)c2OCc2ccccc2)CC2CCN3CC2)C1=O. The molecule has 0 spiro atoms. The highest BCUT2D eigenvalue weighted by molar-refractivity contribution is 5.96. The van der Waals surface area contributed by atoms with Gasteiger partial charge in [-0.15, -0.1) is 0 Å². The van der Waals surface area contributed by atoms with Gasteiger partial charge in [0.1, 0.15) is 12.4 Å². The third kappa shape index (κ3) is 4.87. The molecule has 5 heterocycles. The zero-order chi connectivity index (χ0) is 27.8. The van der Waals surface area contributed by atoms with Crippen LogP contribution in [-0.4, -0.2) is 59.6 Å². The van der Waals surface area contributed by atoms with Crippen LogP contribution in [0.1, 0.15) is 34.5 Å². The molecule has 40 heavy (non-hydrogen) atoms. The number of nitrogens with zero attached hydrogens (tertiary/aromatic N) is 5. The van der Waals surface area contributed by atoms with E-state index in [0.717, 1.165) is 31.5 Å². The van der Waals surface area contributed by atoms with E-state index in [-0.39, 0.29) is 36.2 Å². The number of ether oxygens (including phenoxy) is 1. The topological polar surface area (TPSA) is 100 Å². The molecule has 2 aromatic carbocycles. The fourth-order valence-corrected chi connectivity index (χ4v) is 5.59. The van der Waals surface area contributed by atoms with Crippen molar-refractivity contribution in [2.75, 3.05) is 43.0 Å². The van der Waals surface area contributed by atoms with Crippen LogP contribution in [0, 0.1) is 11.7 Å². The maximum atomic E-state index is 14.2. The zero-order valence-corrected chi connectivity index (χ0v) is 22.3. The van der Waals surface area contributed by atoms with Gasteiger partial charge in [-0.3, -0.25) is 19.1 Å². The Balaban J connectivity index is 1.31. The number of likely N-dealkylation sites (N-methyl/N-ethyl adjacent to an activating group) is 1. The lowest BCUT2D eigenvalue weighted by Gasteiger charge is -2.27. The van der Waals surface area contributed by atoms with E-state index < -0.39 is 11.7 Å². The zero-order valence-electron chi connectivity index (χ0n) is 22.3. The molecule has 10 nitrogen and oxygen atoms in total. The lowest BCUT2D eigenvalue weighted by Crippen LogP contribution is -2.36. The second-order valence-electron chi connectivity index (χ2n) is 10.5. The number of carbonyl (C=O) groups is 2. The maximum absolute atomic E-state index is 14.2. The summed E-state index contributed by atoms with van der Waals surface area (Å²) in [4.78, 5) is 49.7. The highest BCUT2D eigenvalue weighted by Gasteiger charge is 2.33. The van der Waals surface area contributed by atoms with E-state index in [1.165, 1.54) is 17.0 Å². The molecule has 0 unspecified atom stereocenters. The molecule has 7 rings (SSSR count). The number of hydrogen-bond acceptors (Lipinski definition) is 6. The van der Waals surface area contributed by atoms with E-state index >= 15 is 0 Å². The van der Waals surface area contributed by atoms with E-state index in [4.69, 9.17) is 9.72 Å². The van der Waals surface area contributed by atoms with Gasteiger partial charge in [0.25, 0.3) is 11.5 Å². The lowest BCUT2D eigenvalue weighted by molar-refractivity contribution is 0.0940. The van der Waals surface area contributed by atoms with Crippen LogP contribution in [0.15, 0.2) is 53.3 Å². The second kappa shape index (κ2) is 10.6. The Bertz CT molecular complexity index is 1500. The lowest BCUT2D eigenvalue weighted by atomic mass is 9.98. The van der Waals surface area contributed by atoms with Crippen molar-refractivity contribution in [1.29, 1.82) is 0 Å². The Morgan fingerprint density at radius 2 is 1.85 bits per heavy atom. The smallest absolute Gasteiger partial charge is 0.324 e. The summed E-state index contributed by atoms with van der Waals surface area (Å²) in [5.41, 5.74) is 1.36. The molecule has 4 aliphatic rings. The number of anilines is 2. The van der Waals surface area contributed by atoms with Gasteiger partial charge in [-0.25, -0.2) is 14.2 Å². The molecule has 0 saturated carbocycles. The fraction of sp³-hybridized carbons (Fsp3) is 0.379. The molecular weight excluding hydrogens is 515 g/mol. The predicted octanol–water partition coefficient (Wildman–Crippen LogP) is 2.99. The highest BCUT2D eigenvalue weighted by Crippen LogP contribution is 2.30. The standard InChI is InChI=1S/C29H31FN6O4/c1-33-13-14-35(29(33)39)23-15-22(30)8-7-21(23)16-31-26(37)24-25(40-18-20-5-3-2-4-6-20)27(38)36-17-19-9-11-34(12-10-19)28(36)32-24/h2-8,15,19H,9-14,16-18H2,1H3,(H,31,37). The van der Waals surface area contributed by atoms with Crippen LogP contribution in [0.3, 0.4) is 0 Å². The molecular formula is C29H31FN6O4. The molecule has 11 heteroatoms. The Hall–Kier alpha value is -4.41. The number of halogens is 1. The van der Waals surface area contributed by atoms with Gasteiger partial charge < -0.3 is 19.9 Å². The quantitative estimate of drug-likeness (QED) is 0.489. The Kier molecular flexibility index (Phi) is 6.87. The fourth-order valence-electron chi connectivity index (χ4n) is 5.59. The van der Waals surface area contributed by atoms with Gasteiger partial charge >= 0.3 is 6.03 Å². The van der Waals surface area contributed by atoms with Crippen molar-refractivity contribution in [1.82, 2.24) is 19.8 Å². The molecule has 0 aliphatic carbocycles. The Labute approximate surface area is 231 Å². The van der Waals surface area contributed by atoms with E-state index in [1.807, 2.05) is 30.3 Å². The minimum absolute atomic E-state index is 0.00591. The van der Waals surface area contributed by atoms with E-state index in [9.17, 15) is 18.8 Å². The summed E-state index contributed by atoms with van der Waals surface area (Å²) in [7, 11) is 1.69. The number of hydrogen-bond donors (Lipinski definition) is 1. The van der Waals surface area contributed by atoms with Gasteiger partial charge in [-0.05, 0) is 42.0 Å². The molecule has 4 aliphatic heterocycles. The van der Waals surface area contributed by atoms with E-state index in [2.05, 4.69) is 10.2 Å². The van der Waals surface area contributed by atoms with E-state index in [1.54, 1.807) is 22.6 Å². The van der Waals surface area contributed by atoms with Crippen molar-refractivity contribution < 1.29 is 18.7 Å². The highest BCUT2D eigenvalue weighted by atomic mass is 19.1. The summed E-state index contributed by atoms with van der Waals surface area (Å²) in [6.07, 6.45) is 1.92. The number of carbonyl (C=O) groups excluding carboxylic acids is 2. The number of amides is 3. The Morgan fingerprint density at radius 3 is 2.58 bits per heavy atom. The van der Waals surface area contributed by atoms with Gasteiger partial charge in [-0.2, -0.15) is 0 Å². The van der Waals surface area contributed by atoms with Crippen LogP contribution in [0.25, 0.3) is 0 Å². The minimum Gasteiger partial charge on any atom is -0.481 e. The van der Waals surface area contributed by atoms with Crippen LogP contribution < -0.4 is 25.4 Å². The molecule has 1 aromatic heterocycles. The number of piperidine rings is 1. The second-order valence-corrected chi connectivity index (χ2v) is 10.5. The minimum atomic E-state index is -0.580. The first kappa shape index (κ1) is 25.8. The largest absolute Gasteiger partial charge is 0.481 e. The van der Waals surface area contributed by atoms with Gasteiger partial charge in [-0.1, -0.05) is 36.4 Å². The van der Waals surface area contributed by atoms with Crippen molar-refractivity contribution >= 4 is 23.6 Å². The maximum Gasteiger partial charge on any atom is 0.324 e. The number of aromatic nitrogens is 2. The van der Waals surface area contributed by atoms with Gasteiger partial charge in [0.2, 0.25) is 11.7 Å². The third-order valence-corrected chi connectivity index (χ3v) is 7.88. The average molecular weight is 547 g/mol. The van der Waals surface area contributed by atoms with Gasteiger partial charge in [0.05, 0.1) is 5.69 Å². The first-order chi connectivity index (χ1) is 19.4. The van der Waals surface area contributed by atoms with Crippen LogP contribution in [0.5, 0.6) is 5.75 Å².